The van der Waals surface area contributed by atoms with Crippen molar-refractivity contribution in [1.82, 2.24) is 20.4 Å². The van der Waals surface area contributed by atoms with Gasteiger partial charge >= 0.3 is 0 Å². The lowest BCUT2D eigenvalue weighted by atomic mass is 10.1. The van der Waals surface area contributed by atoms with Gasteiger partial charge in [0.25, 0.3) is 11.5 Å². The summed E-state index contributed by atoms with van der Waals surface area (Å²) in [7, 11) is 0. The van der Waals surface area contributed by atoms with Gasteiger partial charge in [-0.1, -0.05) is 30.3 Å². The fourth-order valence-electron chi connectivity index (χ4n) is 2.88. The highest BCUT2D eigenvalue weighted by Gasteiger charge is 2.15. The van der Waals surface area contributed by atoms with Gasteiger partial charge in [-0.25, -0.2) is 4.68 Å². The van der Waals surface area contributed by atoms with E-state index in [4.69, 9.17) is 0 Å². The summed E-state index contributed by atoms with van der Waals surface area (Å²) in [6.45, 7) is 3.07. The maximum absolute atomic E-state index is 12.2. The first-order valence-electron chi connectivity index (χ1n) is 8.33. The lowest BCUT2D eigenvalue weighted by Gasteiger charge is -2.10. The third-order valence-corrected chi connectivity index (χ3v) is 4.27. The van der Waals surface area contributed by atoms with E-state index in [2.05, 4.69) is 15.7 Å². The van der Waals surface area contributed by atoms with Crippen molar-refractivity contribution in [2.45, 2.75) is 19.4 Å². The summed E-state index contributed by atoms with van der Waals surface area (Å²) in [5, 5.41) is 10.4. The van der Waals surface area contributed by atoms with Gasteiger partial charge < -0.3 is 10.6 Å². The first-order chi connectivity index (χ1) is 11.7. The van der Waals surface area contributed by atoms with Crippen molar-refractivity contribution in [1.29, 1.82) is 0 Å². The molecule has 0 bridgehead atoms. The van der Waals surface area contributed by atoms with Crippen molar-refractivity contribution in [3.8, 4) is 0 Å². The topological polar surface area (TPSA) is 76.0 Å². The van der Waals surface area contributed by atoms with Crippen LogP contribution in [0, 0.1) is 5.92 Å². The fraction of sp³-hybridized carbons (Fsp3) is 0.389. The molecule has 1 amide bonds. The van der Waals surface area contributed by atoms with E-state index in [0.29, 0.717) is 19.0 Å². The summed E-state index contributed by atoms with van der Waals surface area (Å²) in [5.74, 6) is 0.396. The monoisotopic (exact) mass is 362 g/mol. The van der Waals surface area contributed by atoms with E-state index in [-0.39, 0.29) is 29.6 Å². The van der Waals surface area contributed by atoms with Crippen molar-refractivity contribution in [2.24, 2.45) is 5.92 Å². The number of benzene rings is 1. The van der Waals surface area contributed by atoms with Crippen molar-refractivity contribution in [3.05, 3.63) is 64.1 Å². The molecule has 1 fully saturated rings. The zero-order valence-corrected chi connectivity index (χ0v) is 14.8. The number of carbonyl (C=O) groups excluding carboxylic acids is 1. The number of nitrogens with one attached hydrogen (secondary N) is 2. The molecule has 2 heterocycles. The molecular weight excluding hydrogens is 340 g/mol. The maximum Gasteiger partial charge on any atom is 0.271 e. The molecule has 6 nitrogen and oxygen atoms in total. The average Bonchev–Trinajstić information content (AvgIpc) is 3.11. The van der Waals surface area contributed by atoms with Gasteiger partial charge in [-0.05, 0) is 43.5 Å². The number of halogens is 1. The Labute approximate surface area is 153 Å². The Bertz CT molecular complexity index is 742. The van der Waals surface area contributed by atoms with E-state index in [0.717, 1.165) is 31.5 Å². The lowest BCUT2D eigenvalue weighted by Crippen LogP contribution is -2.31. The van der Waals surface area contributed by atoms with Crippen molar-refractivity contribution in [3.63, 3.8) is 0 Å². The SMILES string of the molecule is Cl.O=C(NCCC1CCNC1)c1ccc(=O)n(Cc2ccccc2)n1. The van der Waals surface area contributed by atoms with Crippen molar-refractivity contribution in [2.75, 3.05) is 19.6 Å². The lowest BCUT2D eigenvalue weighted by molar-refractivity contribution is 0.0944. The van der Waals surface area contributed by atoms with Crippen LogP contribution in [0.3, 0.4) is 0 Å². The molecular formula is C18H23ClN4O2. The van der Waals surface area contributed by atoms with Gasteiger partial charge in [0.1, 0.15) is 5.69 Å². The number of hydrogen-bond donors (Lipinski definition) is 2. The number of hydrogen-bond acceptors (Lipinski definition) is 4. The number of aromatic nitrogens is 2. The van der Waals surface area contributed by atoms with Crippen molar-refractivity contribution < 1.29 is 4.79 Å². The minimum absolute atomic E-state index is 0. The Morgan fingerprint density at radius 3 is 2.76 bits per heavy atom. The Hall–Kier alpha value is -2.18. The normalized spacial score (nSPS) is 16.2. The van der Waals surface area contributed by atoms with Crippen LogP contribution in [0.5, 0.6) is 0 Å². The minimum Gasteiger partial charge on any atom is -0.351 e. The number of carbonyl (C=O) groups is 1. The van der Waals surface area contributed by atoms with Gasteiger partial charge in [0.05, 0.1) is 6.54 Å². The molecule has 1 aromatic carbocycles. The van der Waals surface area contributed by atoms with E-state index in [1.807, 2.05) is 30.3 Å². The van der Waals surface area contributed by atoms with Crippen LogP contribution in [0.2, 0.25) is 0 Å². The zero-order chi connectivity index (χ0) is 16.8. The summed E-state index contributed by atoms with van der Waals surface area (Å²) in [4.78, 5) is 24.2. The van der Waals surface area contributed by atoms with Gasteiger partial charge in [-0.3, -0.25) is 9.59 Å². The molecule has 0 radical (unpaired) electrons. The molecule has 0 aliphatic carbocycles. The number of rotatable bonds is 6. The Morgan fingerprint density at radius 2 is 2.04 bits per heavy atom. The van der Waals surface area contributed by atoms with Gasteiger partial charge in [0, 0.05) is 12.6 Å². The van der Waals surface area contributed by atoms with E-state index in [1.54, 1.807) is 0 Å². The summed E-state index contributed by atoms with van der Waals surface area (Å²) in [6, 6.07) is 12.5. The molecule has 0 saturated carbocycles. The van der Waals surface area contributed by atoms with Gasteiger partial charge in [0.2, 0.25) is 0 Å². The van der Waals surface area contributed by atoms with Crippen LogP contribution >= 0.6 is 12.4 Å². The quantitative estimate of drug-likeness (QED) is 0.815. The highest BCUT2D eigenvalue weighted by molar-refractivity contribution is 5.91. The molecule has 0 spiro atoms. The minimum atomic E-state index is -0.234. The highest BCUT2D eigenvalue weighted by Crippen LogP contribution is 2.10. The second-order valence-electron chi connectivity index (χ2n) is 6.10. The third kappa shape index (κ3) is 5.41. The summed E-state index contributed by atoms with van der Waals surface area (Å²) < 4.78 is 1.32. The molecule has 1 saturated heterocycles. The van der Waals surface area contributed by atoms with Crippen LogP contribution in [0.4, 0.5) is 0 Å². The largest absolute Gasteiger partial charge is 0.351 e. The Morgan fingerprint density at radius 1 is 1.24 bits per heavy atom. The average molecular weight is 363 g/mol. The van der Waals surface area contributed by atoms with Crippen LogP contribution in [0.1, 0.15) is 28.9 Å². The van der Waals surface area contributed by atoms with E-state index >= 15 is 0 Å². The summed E-state index contributed by atoms with van der Waals surface area (Å²) in [6.07, 6.45) is 2.12. The zero-order valence-electron chi connectivity index (χ0n) is 14.0. The predicted octanol–water partition coefficient (Wildman–Crippen LogP) is 1.44. The molecule has 2 aromatic rings. The highest BCUT2D eigenvalue weighted by atomic mass is 35.5. The number of nitrogens with zero attached hydrogens (tertiary/aromatic N) is 2. The Kier molecular flexibility index (Phi) is 7.16. The maximum atomic E-state index is 12.2. The van der Waals surface area contributed by atoms with Gasteiger partial charge in [0.15, 0.2) is 0 Å². The molecule has 7 heteroatoms. The molecule has 3 rings (SSSR count). The first-order valence-corrected chi connectivity index (χ1v) is 8.33. The molecule has 1 unspecified atom stereocenters. The summed E-state index contributed by atoms with van der Waals surface area (Å²) >= 11 is 0. The van der Waals surface area contributed by atoms with Crippen molar-refractivity contribution >= 4 is 18.3 Å². The molecule has 25 heavy (non-hydrogen) atoms. The summed E-state index contributed by atoms with van der Waals surface area (Å²) in [5.41, 5.74) is 1.03. The Balaban J connectivity index is 0.00000225. The molecule has 1 aliphatic heterocycles. The molecule has 1 atom stereocenters. The molecule has 134 valence electrons. The first kappa shape index (κ1) is 19.1. The standard InChI is InChI=1S/C18H22N4O2.ClH/c23-17-7-6-16(18(24)20-11-9-14-8-10-19-12-14)21-22(17)13-15-4-2-1-3-5-15;/h1-7,14,19H,8-13H2,(H,20,24);1H. The van der Waals surface area contributed by atoms with Gasteiger partial charge in [-0.2, -0.15) is 5.10 Å². The van der Waals surface area contributed by atoms with E-state index in [9.17, 15) is 9.59 Å². The van der Waals surface area contributed by atoms with Gasteiger partial charge in [-0.15, -0.1) is 12.4 Å². The smallest absolute Gasteiger partial charge is 0.271 e. The second-order valence-corrected chi connectivity index (χ2v) is 6.10. The molecule has 1 aromatic heterocycles. The number of amides is 1. The van der Waals surface area contributed by atoms with Crippen LogP contribution in [0.15, 0.2) is 47.3 Å². The second kappa shape index (κ2) is 9.34. The van der Waals surface area contributed by atoms with E-state index < -0.39 is 0 Å². The molecule has 1 aliphatic rings. The van der Waals surface area contributed by atoms with Crippen LogP contribution < -0.4 is 16.2 Å². The fourth-order valence-corrected chi connectivity index (χ4v) is 2.88. The van der Waals surface area contributed by atoms with Crippen LogP contribution in [0.25, 0.3) is 0 Å². The van der Waals surface area contributed by atoms with E-state index in [1.165, 1.54) is 16.8 Å². The van der Waals surface area contributed by atoms with Crippen LogP contribution in [-0.4, -0.2) is 35.3 Å². The predicted molar refractivity (Wildman–Crippen MR) is 99.2 cm³/mol. The molecule has 2 N–H and O–H groups in total. The third-order valence-electron chi connectivity index (χ3n) is 4.27. The van der Waals surface area contributed by atoms with Crippen LogP contribution in [-0.2, 0) is 6.54 Å².